The zero-order chi connectivity index (χ0) is 63.3. The monoisotopic (exact) mass is 1210 g/mol. The van der Waals surface area contributed by atoms with Crippen LogP contribution >= 0.6 is 0 Å². The Balaban J connectivity index is 1.06. The minimum atomic E-state index is -0.283. The van der Waals surface area contributed by atoms with E-state index in [4.69, 9.17) is 9.47 Å². The molecule has 96 heavy (non-hydrogen) atoms. The summed E-state index contributed by atoms with van der Waals surface area (Å²) in [5, 5.41) is 29.2. The first-order chi connectivity index (χ1) is 47.5. The van der Waals surface area contributed by atoms with Gasteiger partial charge in [0.15, 0.2) is 0 Å². The van der Waals surface area contributed by atoms with Crippen molar-refractivity contribution in [2.45, 2.75) is 0 Å². The largest absolute Gasteiger partial charge is 0.458 e. The third-order valence-corrected chi connectivity index (χ3v) is 20.8. The third-order valence-electron chi connectivity index (χ3n) is 20.8. The zero-order valence-corrected chi connectivity index (χ0v) is 51.7. The Morgan fingerprint density at radius 2 is 0.542 bits per heavy atom. The summed E-state index contributed by atoms with van der Waals surface area (Å²) in [5.41, 5.74) is 29.2. The van der Waals surface area contributed by atoms with Crippen LogP contribution in [0.15, 0.2) is 303 Å². The maximum absolute atomic E-state index is 11.2. The highest BCUT2D eigenvalue weighted by Gasteiger charge is 2.45. The van der Waals surface area contributed by atoms with E-state index < -0.39 is 0 Å². The lowest BCUT2D eigenvalue weighted by molar-refractivity contribution is 0.487. The molecule has 0 atom stereocenters. The number of fused-ring (bicyclic) bond motifs is 8. The van der Waals surface area contributed by atoms with Crippen LogP contribution in [0.4, 0.5) is 0 Å². The van der Waals surface area contributed by atoms with Gasteiger partial charge in [-0.1, -0.05) is 241 Å². The van der Waals surface area contributed by atoms with Crippen LogP contribution < -0.4 is 42.3 Å². The average molecular weight is 1210 g/mol. The molecule has 0 saturated heterocycles. The SMILES string of the molecule is N#Cc1cc2c3c(c1)-c1cc(-c4c(-c5ccccc5)cc(-c5ccccc5)cc4-c4ccccc4)c4cc5c6c(cc(-c7c(-c8ccccc8)cc(-c8ccccc8)cc7-c7ccccc7)c7cc(c1c4c76)B3c1ccccc1O2)-c1cc(C#N)cc2c1B5c1ccccc1O2. The molecule has 0 amide bonds. The molecule has 0 aromatic heterocycles. The smallest absolute Gasteiger partial charge is 0.252 e. The van der Waals surface area contributed by atoms with Gasteiger partial charge in [0.05, 0.1) is 23.3 Å². The van der Waals surface area contributed by atoms with E-state index in [1.54, 1.807) is 0 Å². The van der Waals surface area contributed by atoms with Gasteiger partial charge in [-0.25, -0.2) is 0 Å². The van der Waals surface area contributed by atoms with Gasteiger partial charge in [0.25, 0.3) is 13.4 Å². The summed E-state index contributed by atoms with van der Waals surface area (Å²) in [6.07, 6.45) is 0. The van der Waals surface area contributed by atoms with Crippen molar-refractivity contribution in [3.63, 3.8) is 0 Å². The van der Waals surface area contributed by atoms with Crippen LogP contribution in [-0.4, -0.2) is 13.4 Å². The highest BCUT2D eigenvalue weighted by Crippen LogP contribution is 2.56. The van der Waals surface area contributed by atoms with E-state index in [2.05, 4.69) is 291 Å². The molecule has 4 heterocycles. The van der Waals surface area contributed by atoms with Gasteiger partial charge in [-0.2, -0.15) is 10.5 Å². The molecule has 4 nitrogen and oxygen atoms in total. The molecule has 4 aliphatic rings. The van der Waals surface area contributed by atoms with E-state index in [0.717, 1.165) is 177 Å². The number of nitrogens with zero attached hydrogens (tertiary/aromatic N) is 2. The van der Waals surface area contributed by atoms with Crippen molar-refractivity contribution in [3.8, 4) is 146 Å². The first-order valence-corrected chi connectivity index (χ1v) is 32.8. The number of rotatable bonds is 8. The molecule has 6 heteroatoms. The van der Waals surface area contributed by atoms with Gasteiger partial charge < -0.3 is 9.47 Å². The van der Waals surface area contributed by atoms with Crippen molar-refractivity contribution in [2.75, 3.05) is 0 Å². The molecule has 20 rings (SSSR count). The van der Waals surface area contributed by atoms with Gasteiger partial charge in [0.2, 0.25) is 0 Å². The predicted molar refractivity (Wildman–Crippen MR) is 396 cm³/mol. The summed E-state index contributed by atoms with van der Waals surface area (Å²) in [4.78, 5) is 0. The van der Waals surface area contributed by atoms with Crippen LogP contribution in [0.3, 0.4) is 0 Å². The molecule has 16 aromatic carbocycles. The van der Waals surface area contributed by atoms with Crippen molar-refractivity contribution in [1.29, 1.82) is 10.5 Å². The Bertz CT molecular complexity index is 5590. The Labute approximate surface area is 556 Å². The van der Waals surface area contributed by atoms with E-state index in [-0.39, 0.29) is 13.4 Å². The number of hydrogen-bond acceptors (Lipinski definition) is 4. The number of ether oxygens (including phenoxy) is 2. The number of nitriles is 2. The van der Waals surface area contributed by atoms with Gasteiger partial charge in [0, 0.05) is 0 Å². The van der Waals surface area contributed by atoms with Crippen molar-refractivity contribution in [2.24, 2.45) is 0 Å². The zero-order valence-electron chi connectivity index (χ0n) is 51.7. The maximum Gasteiger partial charge on any atom is 0.252 e. The third kappa shape index (κ3) is 7.91. The molecule has 4 aliphatic heterocycles. The topological polar surface area (TPSA) is 66.0 Å². The predicted octanol–water partition coefficient (Wildman–Crippen LogP) is 18.9. The molecule has 0 unspecified atom stereocenters. The van der Waals surface area contributed by atoms with Crippen molar-refractivity contribution in [3.05, 3.63) is 314 Å². The fraction of sp³-hybridized carbons (Fsp3) is 0. The molecule has 0 saturated carbocycles. The molecular formula is C90H50B2N2O2. The summed E-state index contributed by atoms with van der Waals surface area (Å²) in [5.74, 6) is 2.92. The molecule has 438 valence electrons. The lowest BCUT2D eigenvalue weighted by Gasteiger charge is -2.38. The highest BCUT2D eigenvalue weighted by molar-refractivity contribution is 7.01. The Hall–Kier alpha value is -12.7. The van der Waals surface area contributed by atoms with Gasteiger partial charge in [0.1, 0.15) is 23.0 Å². The Morgan fingerprint density at radius 3 is 0.875 bits per heavy atom. The van der Waals surface area contributed by atoms with E-state index in [9.17, 15) is 10.5 Å². The van der Waals surface area contributed by atoms with Crippen LogP contribution in [-0.2, 0) is 0 Å². The van der Waals surface area contributed by atoms with E-state index in [0.29, 0.717) is 22.6 Å². The van der Waals surface area contributed by atoms with Crippen molar-refractivity contribution < 1.29 is 9.47 Å². The number of para-hydroxylation sites is 2. The molecule has 0 aliphatic carbocycles. The van der Waals surface area contributed by atoms with Crippen molar-refractivity contribution >= 4 is 78.5 Å². The molecule has 0 N–H and O–H groups in total. The van der Waals surface area contributed by atoms with Crippen LogP contribution in [0.1, 0.15) is 11.1 Å². The van der Waals surface area contributed by atoms with E-state index in [1.807, 2.05) is 24.3 Å². The minimum Gasteiger partial charge on any atom is -0.458 e. The van der Waals surface area contributed by atoms with Crippen LogP contribution in [0, 0.1) is 22.7 Å². The average Bonchev–Trinajstić information content (AvgIpc) is 0.665. The number of hydrogen-bond donors (Lipinski definition) is 0. The second-order valence-electron chi connectivity index (χ2n) is 25.8. The Kier molecular flexibility index (Phi) is 11.7. The fourth-order valence-electron chi connectivity index (χ4n) is 16.8. The number of benzene rings is 16. The molecule has 16 aromatic rings. The van der Waals surface area contributed by atoms with E-state index in [1.165, 1.54) is 10.9 Å². The Morgan fingerprint density at radius 1 is 0.229 bits per heavy atom. The van der Waals surface area contributed by atoms with Gasteiger partial charge >= 0.3 is 0 Å². The van der Waals surface area contributed by atoms with Gasteiger partial charge in [-0.05, 0) is 238 Å². The maximum atomic E-state index is 11.2. The second kappa shape index (κ2) is 20.9. The summed E-state index contributed by atoms with van der Waals surface area (Å²) >= 11 is 0. The van der Waals surface area contributed by atoms with Crippen LogP contribution in [0.2, 0.25) is 0 Å². The molecule has 0 fully saturated rings. The van der Waals surface area contributed by atoms with Crippen LogP contribution in [0.5, 0.6) is 23.0 Å². The quantitative estimate of drug-likeness (QED) is 0.112. The lowest BCUT2D eigenvalue weighted by atomic mass is 9.31. The summed E-state index contributed by atoms with van der Waals surface area (Å²) < 4.78 is 14.2. The second-order valence-corrected chi connectivity index (χ2v) is 25.8. The molecule has 0 radical (unpaired) electrons. The molecule has 0 bridgehead atoms. The van der Waals surface area contributed by atoms with Crippen LogP contribution in [0.25, 0.3) is 144 Å². The first kappa shape index (κ1) is 53.9. The van der Waals surface area contributed by atoms with E-state index >= 15 is 0 Å². The standard InChI is InChI=1S/C90H50B2N2O2/c93-51-53-39-73-69-47-67(83-63(57-27-11-3-12-28-57)43-61(55-23-7-1-8-24-55)44-64(83)58-29-13-4-14-30-58)71-49-77-86-70(74-40-54(52-94)42-82-90(74)91(77)75-35-19-21-37-79(75)96-82)48-68(72-50-78(85(69)87(71)88(72)86)92-76-36-20-22-38-80(76)95-81(41-53)89(73)92)84-65(59-31-15-5-16-32-59)45-62(56-25-9-2-10-26-56)46-66(84)60-33-17-6-18-34-60/h1-50H. The summed E-state index contributed by atoms with van der Waals surface area (Å²) in [6.45, 7) is -0.567. The molecule has 0 spiro atoms. The van der Waals surface area contributed by atoms with Crippen molar-refractivity contribution in [1.82, 2.24) is 0 Å². The highest BCUT2D eigenvalue weighted by atomic mass is 16.5. The summed E-state index contributed by atoms with van der Waals surface area (Å²) in [6, 6.07) is 115. The lowest BCUT2D eigenvalue weighted by Crippen LogP contribution is -2.58. The summed E-state index contributed by atoms with van der Waals surface area (Å²) in [7, 11) is 0. The minimum absolute atomic E-state index is 0.283. The fourth-order valence-corrected chi connectivity index (χ4v) is 16.8. The molecular weight excluding hydrogens is 1160 g/mol. The van der Waals surface area contributed by atoms with Gasteiger partial charge in [-0.15, -0.1) is 0 Å². The first-order valence-electron chi connectivity index (χ1n) is 32.8. The van der Waals surface area contributed by atoms with Gasteiger partial charge in [-0.3, -0.25) is 0 Å². The normalized spacial score (nSPS) is 12.5.